The van der Waals surface area contributed by atoms with Crippen molar-refractivity contribution in [3.63, 3.8) is 0 Å². The van der Waals surface area contributed by atoms with E-state index < -0.39 is 5.54 Å². The Morgan fingerprint density at radius 1 is 1.50 bits per heavy atom. The van der Waals surface area contributed by atoms with Crippen LogP contribution >= 0.6 is 27.5 Å². The van der Waals surface area contributed by atoms with Gasteiger partial charge in [0.2, 0.25) is 0 Å². The monoisotopic (exact) mass is 277 g/mol. The van der Waals surface area contributed by atoms with Gasteiger partial charge in [0.05, 0.1) is 6.61 Å². The third kappa shape index (κ3) is 3.58. The van der Waals surface area contributed by atoms with Gasteiger partial charge in [0.15, 0.2) is 0 Å². The van der Waals surface area contributed by atoms with Gasteiger partial charge in [-0.1, -0.05) is 27.5 Å². The molecule has 0 amide bonds. The zero-order valence-electron chi connectivity index (χ0n) is 7.93. The van der Waals surface area contributed by atoms with Crippen LogP contribution in [0.3, 0.4) is 0 Å². The lowest BCUT2D eigenvalue weighted by Gasteiger charge is -2.21. The van der Waals surface area contributed by atoms with E-state index in [1.165, 1.54) is 0 Å². The molecule has 0 heterocycles. The van der Waals surface area contributed by atoms with E-state index in [-0.39, 0.29) is 6.61 Å². The summed E-state index contributed by atoms with van der Waals surface area (Å²) in [5.41, 5.74) is 6.26. The van der Waals surface area contributed by atoms with E-state index in [2.05, 4.69) is 15.9 Å². The van der Waals surface area contributed by atoms with Gasteiger partial charge >= 0.3 is 0 Å². The van der Waals surface area contributed by atoms with E-state index in [1.54, 1.807) is 0 Å². The number of aliphatic hydroxyl groups excluding tert-OH is 1. The van der Waals surface area contributed by atoms with Crippen molar-refractivity contribution in [3.05, 3.63) is 33.3 Å². The first-order chi connectivity index (χ1) is 6.43. The predicted molar refractivity (Wildman–Crippen MR) is 62.5 cm³/mol. The highest BCUT2D eigenvalue weighted by Gasteiger charge is 2.17. The van der Waals surface area contributed by atoms with Crippen LogP contribution in [0.4, 0.5) is 0 Å². The van der Waals surface area contributed by atoms with Gasteiger partial charge in [-0.3, -0.25) is 0 Å². The highest BCUT2D eigenvalue weighted by atomic mass is 79.9. The van der Waals surface area contributed by atoms with Crippen LogP contribution in [-0.4, -0.2) is 17.3 Å². The van der Waals surface area contributed by atoms with Gasteiger partial charge in [-0.15, -0.1) is 0 Å². The second-order valence-corrected chi connectivity index (χ2v) is 5.12. The lowest BCUT2D eigenvalue weighted by atomic mass is 9.95. The molecule has 0 bridgehead atoms. The van der Waals surface area contributed by atoms with Gasteiger partial charge in [0.25, 0.3) is 0 Å². The van der Waals surface area contributed by atoms with E-state index in [1.807, 2.05) is 25.1 Å². The molecular formula is C10H13BrClNO. The molecule has 0 fully saturated rings. The van der Waals surface area contributed by atoms with Gasteiger partial charge in [-0.25, -0.2) is 0 Å². The highest BCUT2D eigenvalue weighted by molar-refractivity contribution is 9.10. The lowest BCUT2D eigenvalue weighted by molar-refractivity contribution is 0.208. The number of hydrogen-bond donors (Lipinski definition) is 2. The minimum atomic E-state index is -0.593. The van der Waals surface area contributed by atoms with Crippen molar-refractivity contribution in [3.8, 4) is 0 Å². The molecule has 14 heavy (non-hydrogen) atoms. The summed E-state index contributed by atoms with van der Waals surface area (Å²) in [5, 5.41) is 9.69. The summed E-state index contributed by atoms with van der Waals surface area (Å²) < 4.78 is 0.925. The summed E-state index contributed by atoms with van der Waals surface area (Å²) in [5.74, 6) is 0. The molecule has 0 spiro atoms. The van der Waals surface area contributed by atoms with Gasteiger partial charge < -0.3 is 10.8 Å². The molecule has 1 aromatic carbocycles. The summed E-state index contributed by atoms with van der Waals surface area (Å²) in [7, 11) is 0. The minimum absolute atomic E-state index is 0.0445. The first-order valence-corrected chi connectivity index (χ1v) is 5.45. The number of nitrogens with two attached hydrogens (primary N) is 1. The molecule has 0 aliphatic heterocycles. The molecule has 1 atom stereocenters. The predicted octanol–water partition coefficient (Wildman–Crippen LogP) is 2.35. The van der Waals surface area contributed by atoms with Gasteiger partial charge in [-0.2, -0.15) is 0 Å². The van der Waals surface area contributed by atoms with E-state index in [9.17, 15) is 0 Å². The van der Waals surface area contributed by atoms with Gasteiger partial charge in [-0.05, 0) is 37.1 Å². The maximum Gasteiger partial charge on any atom is 0.0611 e. The molecule has 0 aliphatic carbocycles. The Morgan fingerprint density at radius 3 is 2.64 bits per heavy atom. The average molecular weight is 279 g/mol. The molecule has 2 nitrogen and oxygen atoms in total. The van der Waals surface area contributed by atoms with Crippen molar-refractivity contribution in [2.24, 2.45) is 5.73 Å². The summed E-state index contributed by atoms with van der Waals surface area (Å²) in [6, 6.07) is 5.62. The molecule has 3 N–H and O–H groups in total. The van der Waals surface area contributed by atoms with Gasteiger partial charge in [0, 0.05) is 15.0 Å². The molecule has 0 aromatic heterocycles. The zero-order valence-corrected chi connectivity index (χ0v) is 10.3. The summed E-state index contributed by atoms with van der Waals surface area (Å²) >= 11 is 9.24. The number of aliphatic hydroxyl groups is 1. The zero-order chi connectivity index (χ0) is 10.8. The van der Waals surface area contributed by atoms with Crippen LogP contribution in [0, 0.1) is 0 Å². The Labute approximate surface area is 97.2 Å². The largest absolute Gasteiger partial charge is 0.394 e. The normalized spacial score (nSPS) is 15.2. The van der Waals surface area contributed by atoms with Crippen LogP contribution < -0.4 is 5.73 Å². The average Bonchev–Trinajstić information content (AvgIpc) is 2.01. The highest BCUT2D eigenvalue weighted by Crippen LogP contribution is 2.21. The second kappa shape index (κ2) is 4.62. The van der Waals surface area contributed by atoms with Crippen molar-refractivity contribution >= 4 is 27.5 Å². The number of benzene rings is 1. The van der Waals surface area contributed by atoms with E-state index in [0.717, 1.165) is 10.0 Å². The quantitative estimate of drug-likeness (QED) is 0.891. The Bertz CT molecular complexity index is 308. The molecule has 4 heteroatoms. The molecule has 78 valence electrons. The number of halogens is 2. The number of hydrogen-bond acceptors (Lipinski definition) is 2. The van der Waals surface area contributed by atoms with Crippen LogP contribution in [0.2, 0.25) is 5.02 Å². The Morgan fingerprint density at radius 2 is 2.14 bits per heavy atom. The molecule has 1 aromatic rings. The Hall–Kier alpha value is -0.0900. The number of rotatable bonds is 3. The third-order valence-corrected chi connectivity index (χ3v) is 2.57. The summed E-state index contributed by atoms with van der Waals surface area (Å²) in [6.07, 6.45) is 0.600. The Kier molecular flexibility index (Phi) is 3.95. The molecule has 0 saturated carbocycles. The first-order valence-electron chi connectivity index (χ1n) is 4.28. The molecular weight excluding hydrogens is 265 g/mol. The van der Waals surface area contributed by atoms with Crippen LogP contribution in [0.1, 0.15) is 12.5 Å². The first kappa shape index (κ1) is 12.0. The van der Waals surface area contributed by atoms with Crippen LogP contribution in [-0.2, 0) is 6.42 Å². The summed E-state index contributed by atoms with van der Waals surface area (Å²) in [4.78, 5) is 0. The fraction of sp³-hybridized carbons (Fsp3) is 0.400. The smallest absolute Gasteiger partial charge is 0.0611 e. The Balaban J connectivity index is 2.87. The minimum Gasteiger partial charge on any atom is -0.394 e. The van der Waals surface area contributed by atoms with Crippen molar-refractivity contribution in [2.75, 3.05) is 6.61 Å². The maximum absolute atomic E-state index is 9.02. The van der Waals surface area contributed by atoms with Crippen LogP contribution in [0.15, 0.2) is 22.7 Å². The van der Waals surface area contributed by atoms with E-state index >= 15 is 0 Å². The summed E-state index contributed by atoms with van der Waals surface area (Å²) in [6.45, 7) is 1.76. The van der Waals surface area contributed by atoms with Crippen molar-refractivity contribution < 1.29 is 5.11 Å². The van der Waals surface area contributed by atoms with Crippen molar-refractivity contribution in [1.29, 1.82) is 0 Å². The molecule has 1 unspecified atom stereocenters. The van der Waals surface area contributed by atoms with E-state index in [4.69, 9.17) is 22.4 Å². The maximum atomic E-state index is 9.02. The SMILES string of the molecule is CC(N)(CO)Cc1cc(Cl)cc(Br)c1. The van der Waals surface area contributed by atoms with Crippen LogP contribution in [0.25, 0.3) is 0 Å². The fourth-order valence-electron chi connectivity index (χ4n) is 1.24. The van der Waals surface area contributed by atoms with Crippen molar-refractivity contribution in [2.45, 2.75) is 18.9 Å². The van der Waals surface area contributed by atoms with Gasteiger partial charge in [0.1, 0.15) is 0 Å². The molecule has 1 rings (SSSR count). The van der Waals surface area contributed by atoms with Crippen LogP contribution in [0.5, 0.6) is 0 Å². The van der Waals surface area contributed by atoms with E-state index in [0.29, 0.717) is 11.4 Å². The fourth-order valence-corrected chi connectivity index (χ4v) is 2.17. The van der Waals surface area contributed by atoms with Crippen molar-refractivity contribution in [1.82, 2.24) is 0 Å². The molecule has 0 saturated heterocycles. The topological polar surface area (TPSA) is 46.2 Å². The lowest BCUT2D eigenvalue weighted by Crippen LogP contribution is -2.42. The standard InChI is InChI=1S/C10H13BrClNO/c1-10(13,6-14)5-7-2-8(11)4-9(12)3-7/h2-4,14H,5-6,13H2,1H3. The second-order valence-electron chi connectivity index (χ2n) is 3.77. The third-order valence-electron chi connectivity index (χ3n) is 1.89. The molecule has 0 radical (unpaired) electrons. The molecule has 0 aliphatic rings.